The van der Waals surface area contributed by atoms with Gasteiger partial charge in [0.1, 0.15) is 5.70 Å². The van der Waals surface area contributed by atoms with Crippen molar-refractivity contribution in [3.63, 3.8) is 0 Å². The average molecular weight is 367 g/mol. The topological polar surface area (TPSA) is 90.7 Å². The van der Waals surface area contributed by atoms with Crippen LogP contribution >= 0.6 is 0 Å². The SMILES string of the molecule is COC(=O)C1=C(C(=O)OC)N(c2ccc3ncn(C)c(=O)c3c2)C=CC=C1. The summed E-state index contributed by atoms with van der Waals surface area (Å²) in [6.07, 6.45) is 7.77. The largest absolute Gasteiger partial charge is 0.465 e. The first-order valence-corrected chi connectivity index (χ1v) is 7.98. The van der Waals surface area contributed by atoms with Gasteiger partial charge in [0.2, 0.25) is 0 Å². The quantitative estimate of drug-likeness (QED) is 0.758. The van der Waals surface area contributed by atoms with Crippen LogP contribution in [0.3, 0.4) is 0 Å². The monoisotopic (exact) mass is 367 g/mol. The molecule has 2 aromatic rings. The summed E-state index contributed by atoms with van der Waals surface area (Å²) in [6, 6.07) is 4.98. The average Bonchev–Trinajstić information content (AvgIpc) is 2.92. The van der Waals surface area contributed by atoms with Crippen molar-refractivity contribution in [2.24, 2.45) is 7.05 Å². The lowest BCUT2D eigenvalue weighted by atomic mass is 10.1. The predicted octanol–water partition coefficient (Wildman–Crippen LogP) is 1.42. The Bertz CT molecular complexity index is 1080. The summed E-state index contributed by atoms with van der Waals surface area (Å²) in [5.74, 6) is -1.40. The second kappa shape index (κ2) is 7.28. The lowest BCUT2D eigenvalue weighted by Gasteiger charge is -2.23. The van der Waals surface area contributed by atoms with E-state index >= 15 is 0 Å². The molecule has 1 aliphatic rings. The predicted molar refractivity (Wildman–Crippen MR) is 98.8 cm³/mol. The van der Waals surface area contributed by atoms with E-state index in [-0.39, 0.29) is 16.8 Å². The van der Waals surface area contributed by atoms with Crippen LogP contribution in [0.5, 0.6) is 0 Å². The van der Waals surface area contributed by atoms with Gasteiger partial charge in [0, 0.05) is 18.9 Å². The molecule has 8 nitrogen and oxygen atoms in total. The maximum absolute atomic E-state index is 12.4. The summed E-state index contributed by atoms with van der Waals surface area (Å²) >= 11 is 0. The molecule has 138 valence electrons. The van der Waals surface area contributed by atoms with Crippen LogP contribution in [-0.4, -0.2) is 35.7 Å². The number of hydrogen-bond donors (Lipinski definition) is 0. The Labute approximate surface area is 154 Å². The minimum Gasteiger partial charge on any atom is -0.465 e. The number of aryl methyl sites for hydroxylation is 1. The normalized spacial score (nSPS) is 13.7. The molecule has 0 saturated carbocycles. The molecule has 1 aromatic heterocycles. The van der Waals surface area contributed by atoms with Gasteiger partial charge in [-0.25, -0.2) is 14.6 Å². The summed E-state index contributed by atoms with van der Waals surface area (Å²) < 4.78 is 11.0. The number of anilines is 1. The third-order valence-electron chi connectivity index (χ3n) is 4.07. The molecule has 0 radical (unpaired) electrons. The molecule has 0 amide bonds. The third-order valence-corrected chi connectivity index (χ3v) is 4.07. The third kappa shape index (κ3) is 3.24. The fourth-order valence-electron chi connectivity index (χ4n) is 2.71. The van der Waals surface area contributed by atoms with Crippen LogP contribution < -0.4 is 10.5 Å². The zero-order chi connectivity index (χ0) is 19.6. The Kier molecular flexibility index (Phi) is 4.89. The lowest BCUT2D eigenvalue weighted by molar-refractivity contribution is -0.139. The first-order valence-electron chi connectivity index (χ1n) is 7.98. The number of nitrogens with zero attached hydrogens (tertiary/aromatic N) is 3. The van der Waals surface area contributed by atoms with Crippen LogP contribution in [0.2, 0.25) is 0 Å². The molecule has 1 aromatic carbocycles. The van der Waals surface area contributed by atoms with Crippen LogP contribution in [0.25, 0.3) is 10.9 Å². The minimum absolute atomic E-state index is 0.0191. The van der Waals surface area contributed by atoms with Crippen molar-refractivity contribution in [1.82, 2.24) is 9.55 Å². The highest BCUT2D eigenvalue weighted by molar-refractivity contribution is 6.05. The molecule has 0 fully saturated rings. The van der Waals surface area contributed by atoms with Crippen LogP contribution in [-0.2, 0) is 26.1 Å². The van der Waals surface area contributed by atoms with E-state index in [1.54, 1.807) is 43.6 Å². The number of carbonyl (C=O) groups excluding carboxylic acids is 2. The van der Waals surface area contributed by atoms with Gasteiger partial charge in [0.05, 0.1) is 37.0 Å². The Morgan fingerprint density at radius 1 is 1.07 bits per heavy atom. The molecule has 3 rings (SSSR count). The Morgan fingerprint density at radius 3 is 2.52 bits per heavy atom. The van der Waals surface area contributed by atoms with Crippen molar-refractivity contribution < 1.29 is 19.1 Å². The van der Waals surface area contributed by atoms with E-state index in [4.69, 9.17) is 9.47 Å². The fraction of sp³-hybridized carbons (Fsp3) is 0.158. The van der Waals surface area contributed by atoms with Gasteiger partial charge in [-0.2, -0.15) is 0 Å². The molecule has 0 N–H and O–H groups in total. The van der Waals surface area contributed by atoms with E-state index in [0.29, 0.717) is 16.6 Å². The highest BCUT2D eigenvalue weighted by Gasteiger charge is 2.27. The number of fused-ring (bicyclic) bond motifs is 1. The van der Waals surface area contributed by atoms with Crippen LogP contribution in [0.1, 0.15) is 0 Å². The molecular formula is C19H17N3O5. The Hall–Kier alpha value is -3.68. The highest BCUT2D eigenvalue weighted by Crippen LogP contribution is 2.27. The minimum atomic E-state index is -0.717. The van der Waals surface area contributed by atoms with Gasteiger partial charge in [-0.05, 0) is 30.4 Å². The number of ether oxygens (including phenoxy) is 2. The van der Waals surface area contributed by atoms with E-state index in [9.17, 15) is 14.4 Å². The van der Waals surface area contributed by atoms with Crippen molar-refractivity contribution in [2.75, 3.05) is 19.1 Å². The molecule has 27 heavy (non-hydrogen) atoms. The van der Waals surface area contributed by atoms with Crippen molar-refractivity contribution in [3.05, 3.63) is 70.6 Å². The van der Waals surface area contributed by atoms with Gasteiger partial charge >= 0.3 is 11.9 Å². The highest BCUT2D eigenvalue weighted by atomic mass is 16.5. The van der Waals surface area contributed by atoms with Crippen molar-refractivity contribution in [1.29, 1.82) is 0 Å². The molecule has 8 heteroatoms. The van der Waals surface area contributed by atoms with Gasteiger partial charge in [-0.15, -0.1) is 0 Å². The van der Waals surface area contributed by atoms with Crippen LogP contribution in [0, 0.1) is 0 Å². The van der Waals surface area contributed by atoms with E-state index in [1.165, 1.54) is 36.1 Å². The van der Waals surface area contributed by atoms with E-state index in [2.05, 4.69) is 4.98 Å². The number of allylic oxidation sites excluding steroid dienone is 2. The Balaban J connectivity index is 2.25. The first-order chi connectivity index (χ1) is 13.0. The maximum atomic E-state index is 12.4. The summed E-state index contributed by atoms with van der Waals surface area (Å²) in [5, 5.41) is 0.381. The summed E-state index contributed by atoms with van der Waals surface area (Å²) in [6.45, 7) is 0. The molecule has 0 unspecified atom stereocenters. The second-order valence-electron chi connectivity index (χ2n) is 5.68. The van der Waals surface area contributed by atoms with Crippen molar-refractivity contribution >= 4 is 28.5 Å². The van der Waals surface area contributed by atoms with Gasteiger partial charge in [0.25, 0.3) is 5.56 Å². The van der Waals surface area contributed by atoms with Gasteiger partial charge in [-0.3, -0.25) is 4.79 Å². The van der Waals surface area contributed by atoms with E-state index in [1.807, 2.05) is 0 Å². The fourth-order valence-corrected chi connectivity index (χ4v) is 2.71. The van der Waals surface area contributed by atoms with E-state index < -0.39 is 11.9 Å². The molecule has 0 spiro atoms. The van der Waals surface area contributed by atoms with Crippen molar-refractivity contribution in [2.45, 2.75) is 0 Å². The Morgan fingerprint density at radius 2 is 1.81 bits per heavy atom. The first kappa shape index (κ1) is 18.1. The molecule has 0 aliphatic carbocycles. The smallest absolute Gasteiger partial charge is 0.355 e. The second-order valence-corrected chi connectivity index (χ2v) is 5.68. The molecule has 0 saturated heterocycles. The lowest BCUT2D eigenvalue weighted by Crippen LogP contribution is -2.27. The van der Waals surface area contributed by atoms with E-state index in [0.717, 1.165) is 0 Å². The zero-order valence-electron chi connectivity index (χ0n) is 15.0. The molecule has 2 heterocycles. The molecular weight excluding hydrogens is 350 g/mol. The number of carbonyl (C=O) groups is 2. The number of aromatic nitrogens is 2. The number of methoxy groups -OCH3 is 2. The van der Waals surface area contributed by atoms with Gasteiger partial charge < -0.3 is 18.9 Å². The zero-order valence-corrected chi connectivity index (χ0v) is 15.0. The van der Waals surface area contributed by atoms with Gasteiger partial charge in [-0.1, -0.05) is 6.08 Å². The van der Waals surface area contributed by atoms with Crippen molar-refractivity contribution in [3.8, 4) is 0 Å². The molecule has 0 bridgehead atoms. The summed E-state index contributed by atoms with van der Waals surface area (Å²) in [7, 11) is 4.05. The maximum Gasteiger partial charge on any atom is 0.355 e. The number of esters is 2. The van der Waals surface area contributed by atoms with Gasteiger partial charge in [0.15, 0.2) is 0 Å². The molecule has 1 aliphatic heterocycles. The number of benzene rings is 1. The van der Waals surface area contributed by atoms with Crippen LogP contribution in [0.15, 0.2) is 65.0 Å². The number of rotatable bonds is 3. The molecule has 0 atom stereocenters. The van der Waals surface area contributed by atoms with Crippen LogP contribution in [0.4, 0.5) is 5.69 Å². The standard InChI is InChI=1S/C19H17N3O5/c1-21-11-20-15-8-7-12(10-14(15)17(21)23)22-9-5-4-6-13(18(24)26-2)16(22)19(25)27-3/h4-11H,1-3H3. The summed E-state index contributed by atoms with van der Waals surface area (Å²) in [4.78, 5) is 42.7. The summed E-state index contributed by atoms with van der Waals surface area (Å²) in [5.41, 5.74) is 0.809. The number of hydrogen-bond acceptors (Lipinski definition) is 7.